The predicted molar refractivity (Wildman–Crippen MR) is 89.6 cm³/mol. The number of hydrogen-bond donors (Lipinski definition) is 1. The normalized spacial score (nSPS) is 17.1. The molecule has 1 saturated heterocycles. The number of rotatable bonds is 7. The molecule has 1 fully saturated rings. The van der Waals surface area contributed by atoms with Crippen LogP contribution in [0.3, 0.4) is 0 Å². The highest BCUT2D eigenvalue weighted by Crippen LogP contribution is 2.20. The fourth-order valence-electron chi connectivity index (χ4n) is 2.33. The van der Waals surface area contributed by atoms with E-state index in [0.717, 1.165) is 36.5 Å². The van der Waals surface area contributed by atoms with Crippen LogP contribution in [0.4, 0.5) is 0 Å². The van der Waals surface area contributed by atoms with Crippen molar-refractivity contribution in [1.29, 1.82) is 0 Å². The van der Waals surface area contributed by atoms with Gasteiger partial charge in [0, 0.05) is 25.8 Å². The number of carbonyl (C=O) groups is 1. The molecule has 0 aromatic carbocycles. The molecule has 0 radical (unpaired) electrons. The molecule has 24 heavy (non-hydrogen) atoms. The second-order valence-electron chi connectivity index (χ2n) is 5.48. The van der Waals surface area contributed by atoms with Gasteiger partial charge >= 0.3 is 0 Å². The maximum atomic E-state index is 11.8. The van der Waals surface area contributed by atoms with E-state index in [2.05, 4.69) is 20.4 Å². The third kappa shape index (κ3) is 4.55. The molecule has 0 saturated carbocycles. The summed E-state index contributed by atoms with van der Waals surface area (Å²) in [5.74, 6) is 1.46. The summed E-state index contributed by atoms with van der Waals surface area (Å²) in [5.41, 5.74) is 0.773. The van der Waals surface area contributed by atoms with Crippen molar-refractivity contribution < 1.29 is 14.1 Å². The highest BCUT2D eigenvalue weighted by molar-refractivity contribution is 7.99. The highest BCUT2D eigenvalue weighted by atomic mass is 32.2. The van der Waals surface area contributed by atoms with Crippen LogP contribution in [0, 0.1) is 0 Å². The average molecular weight is 348 g/mol. The largest absolute Gasteiger partial charge is 0.376 e. The van der Waals surface area contributed by atoms with Crippen LogP contribution in [0.25, 0.3) is 11.5 Å². The summed E-state index contributed by atoms with van der Waals surface area (Å²) in [4.78, 5) is 20.4. The fraction of sp³-hybridized carbons (Fsp3) is 0.500. The average Bonchev–Trinajstić information content (AvgIpc) is 3.30. The van der Waals surface area contributed by atoms with E-state index in [1.807, 2.05) is 19.1 Å². The Morgan fingerprint density at radius 3 is 3.04 bits per heavy atom. The summed E-state index contributed by atoms with van der Waals surface area (Å²) in [6.07, 6.45) is 4.67. The molecule has 3 heterocycles. The first kappa shape index (κ1) is 16.9. The maximum absolute atomic E-state index is 11.8. The second-order valence-corrected chi connectivity index (χ2v) is 6.48. The highest BCUT2D eigenvalue weighted by Gasteiger charge is 2.16. The van der Waals surface area contributed by atoms with Crippen LogP contribution in [0.5, 0.6) is 0 Å². The van der Waals surface area contributed by atoms with Gasteiger partial charge in [-0.25, -0.2) is 4.98 Å². The molecule has 2 aromatic heterocycles. The third-order valence-corrected chi connectivity index (χ3v) is 4.61. The van der Waals surface area contributed by atoms with Crippen molar-refractivity contribution in [3.8, 4) is 11.5 Å². The van der Waals surface area contributed by atoms with Crippen LogP contribution < -0.4 is 5.32 Å². The van der Waals surface area contributed by atoms with Crippen LogP contribution in [0.2, 0.25) is 0 Å². The van der Waals surface area contributed by atoms with E-state index in [-0.39, 0.29) is 12.0 Å². The molecule has 3 rings (SSSR count). The van der Waals surface area contributed by atoms with E-state index in [1.54, 1.807) is 6.20 Å². The van der Waals surface area contributed by atoms with Gasteiger partial charge in [0.25, 0.3) is 5.89 Å². The number of pyridine rings is 1. The molecule has 2 aromatic rings. The fourth-order valence-corrected chi connectivity index (χ4v) is 3.00. The minimum Gasteiger partial charge on any atom is -0.376 e. The van der Waals surface area contributed by atoms with E-state index in [1.165, 1.54) is 11.8 Å². The minimum atomic E-state index is -0.00846. The van der Waals surface area contributed by atoms with Gasteiger partial charge in [-0.15, -0.1) is 0 Å². The van der Waals surface area contributed by atoms with E-state index >= 15 is 0 Å². The number of aromatic nitrogens is 3. The first-order valence-electron chi connectivity index (χ1n) is 8.04. The van der Waals surface area contributed by atoms with E-state index in [4.69, 9.17) is 9.26 Å². The summed E-state index contributed by atoms with van der Waals surface area (Å²) >= 11 is 1.39. The van der Waals surface area contributed by atoms with Crippen LogP contribution in [-0.4, -0.2) is 46.0 Å². The number of carbonyl (C=O) groups excluding carboxylic acids is 1. The first-order chi connectivity index (χ1) is 11.7. The lowest BCUT2D eigenvalue weighted by Crippen LogP contribution is -2.32. The number of amides is 1. The molecule has 0 spiro atoms. The Morgan fingerprint density at radius 1 is 1.46 bits per heavy atom. The summed E-state index contributed by atoms with van der Waals surface area (Å²) in [6.45, 7) is 3.35. The van der Waals surface area contributed by atoms with Crippen molar-refractivity contribution in [3.05, 3.63) is 24.2 Å². The van der Waals surface area contributed by atoms with Gasteiger partial charge < -0.3 is 14.6 Å². The lowest BCUT2D eigenvalue weighted by molar-refractivity contribution is -0.119. The molecule has 0 aliphatic carbocycles. The van der Waals surface area contributed by atoms with E-state index in [9.17, 15) is 4.79 Å². The lowest BCUT2D eigenvalue weighted by Gasteiger charge is -2.10. The number of nitrogens with one attached hydrogen (secondary N) is 1. The number of thioether (sulfide) groups is 1. The second kappa shape index (κ2) is 8.25. The van der Waals surface area contributed by atoms with Crippen molar-refractivity contribution in [1.82, 2.24) is 20.4 Å². The molecule has 1 atom stereocenters. The van der Waals surface area contributed by atoms with Crippen molar-refractivity contribution in [2.45, 2.75) is 37.3 Å². The molecule has 8 heteroatoms. The van der Waals surface area contributed by atoms with Gasteiger partial charge in [0.2, 0.25) is 5.91 Å². The van der Waals surface area contributed by atoms with Gasteiger partial charge in [-0.1, -0.05) is 23.8 Å². The maximum Gasteiger partial charge on any atom is 0.259 e. The van der Waals surface area contributed by atoms with E-state index < -0.39 is 0 Å². The topological polar surface area (TPSA) is 90.1 Å². The van der Waals surface area contributed by atoms with Gasteiger partial charge in [-0.05, 0) is 25.0 Å². The molecule has 128 valence electrons. The Balaban J connectivity index is 1.46. The van der Waals surface area contributed by atoms with Crippen LogP contribution >= 0.6 is 11.8 Å². The standard InChI is InChI=1S/C16H20N4O3S/c1-2-13-19-16(23-20-13)11-5-6-15(18-8-11)24-10-14(21)17-9-12-4-3-7-22-12/h5-6,8,12H,2-4,7,9-10H2,1H3,(H,17,21)/t12-/m1/s1. The lowest BCUT2D eigenvalue weighted by atomic mass is 10.2. The Morgan fingerprint density at radius 2 is 2.38 bits per heavy atom. The Bertz CT molecular complexity index is 668. The monoisotopic (exact) mass is 348 g/mol. The summed E-state index contributed by atoms with van der Waals surface area (Å²) in [6, 6.07) is 3.72. The van der Waals surface area contributed by atoms with Crippen molar-refractivity contribution in [2.75, 3.05) is 18.9 Å². The van der Waals surface area contributed by atoms with Crippen LogP contribution in [-0.2, 0) is 16.0 Å². The van der Waals surface area contributed by atoms with Crippen LogP contribution in [0.1, 0.15) is 25.6 Å². The molecule has 7 nitrogen and oxygen atoms in total. The number of hydrogen-bond acceptors (Lipinski definition) is 7. The Hall–Kier alpha value is -1.93. The van der Waals surface area contributed by atoms with Crippen molar-refractivity contribution in [3.63, 3.8) is 0 Å². The SMILES string of the molecule is CCc1noc(-c2ccc(SCC(=O)NC[C@H]3CCCO3)nc2)n1. The quantitative estimate of drug-likeness (QED) is 0.766. The molecular formula is C16H20N4O3S. The minimum absolute atomic E-state index is 0.00846. The molecule has 0 bridgehead atoms. The number of ether oxygens (including phenoxy) is 1. The molecule has 0 unspecified atom stereocenters. The first-order valence-corrected chi connectivity index (χ1v) is 9.03. The molecule has 1 aliphatic rings. The van der Waals surface area contributed by atoms with Gasteiger partial charge in [0.15, 0.2) is 5.82 Å². The zero-order chi connectivity index (χ0) is 16.8. The van der Waals surface area contributed by atoms with Gasteiger partial charge in [-0.2, -0.15) is 4.98 Å². The zero-order valence-corrected chi connectivity index (χ0v) is 14.3. The van der Waals surface area contributed by atoms with Crippen LogP contribution in [0.15, 0.2) is 27.9 Å². The van der Waals surface area contributed by atoms with E-state index in [0.29, 0.717) is 24.0 Å². The number of nitrogens with zero attached hydrogens (tertiary/aromatic N) is 3. The van der Waals surface area contributed by atoms with Crippen molar-refractivity contribution in [2.24, 2.45) is 0 Å². The molecular weight excluding hydrogens is 328 g/mol. The number of aryl methyl sites for hydroxylation is 1. The Kier molecular flexibility index (Phi) is 5.81. The summed E-state index contributed by atoms with van der Waals surface area (Å²) in [5, 5.41) is 7.54. The molecule has 1 N–H and O–H groups in total. The Labute approximate surface area is 144 Å². The summed E-state index contributed by atoms with van der Waals surface area (Å²) in [7, 11) is 0. The molecule has 1 aliphatic heterocycles. The smallest absolute Gasteiger partial charge is 0.259 e. The van der Waals surface area contributed by atoms with Crippen molar-refractivity contribution >= 4 is 17.7 Å². The zero-order valence-electron chi connectivity index (χ0n) is 13.5. The third-order valence-electron chi connectivity index (χ3n) is 3.67. The van der Waals surface area contributed by atoms with Gasteiger partial charge in [-0.3, -0.25) is 4.79 Å². The molecule has 1 amide bonds. The summed E-state index contributed by atoms with van der Waals surface area (Å²) < 4.78 is 10.7. The van der Waals surface area contributed by atoms with Gasteiger partial charge in [0.1, 0.15) is 0 Å². The predicted octanol–water partition coefficient (Wildman–Crippen LogP) is 2.08. The van der Waals surface area contributed by atoms with Gasteiger partial charge in [0.05, 0.1) is 22.4 Å².